The largest absolute Gasteiger partial charge is 0.325 e. The van der Waals surface area contributed by atoms with Crippen LogP contribution in [0.5, 0.6) is 0 Å². The van der Waals surface area contributed by atoms with E-state index in [1.807, 2.05) is 47.4 Å². The molecule has 1 N–H and O–H groups in total. The number of hydrogen-bond donors (Lipinski definition) is 1. The number of rotatable bonds is 7. The van der Waals surface area contributed by atoms with Gasteiger partial charge in [-0.1, -0.05) is 30.3 Å². The van der Waals surface area contributed by atoms with Crippen LogP contribution in [-0.4, -0.2) is 68.7 Å². The van der Waals surface area contributed by atoms with Crippen molar-refractivity contribution in [3.8, 4) is 0 Å². The molecule has 2 fully saturated rings. The Kier molecular flexibility index (Phi) is 7.22. The standard InChI is InChI=1S/C24H28N4O4S/c29-23(25-21-8-10-22(11-9-21)28-13-4-7-24(28)30)19-26-14-16-27(17-15-26)33(31,32)18-12-20-5-2-1-3-6-20/h1-3,5-6,8-12,18H,4,7,13-17,19H2,(H,25,29). The molecule has 174 valence electrons. The fraction of sp³-hybridized carbons (Fsp3) is 0.333. The summed E-state index contributed by atoms with van der Waals surface area (Å²) in [4.78, 5) is 28.0. The Morgan fingerprint density at radius 2 is 1.64 bits per heavy atom. The first-order chi connectivity index (χ1) is 15.9. The van der Waals surface area contributed by atoms with Crippen LogP contribution in [-0.2, 0) is 19.6 Å². The Hall–Kier alpha value is -3.01. The lowest BCUT2D eigenvalue weighted by Crippen LogP contribution is -2.49. The lowest BCUT2D eigenvalue weighted by atomic mass is 10.2. The molecule has 2 heterocycles. The molecule has 0 unspecified atom stereocenters. The number of anilines is 2. The van der Waals surface area contributed by atoms with E-state index < -0.39 is 10.0 Å². The number of carbonyl (C=O) groups excluding carboxylic acids is 2. The summed E-state index contributed by atoms with van der Waals surface area (Å²) in [5, 5.41) is 4.11. The van der Waals surface area contributed by atoms with Crippen LogP contribution in [0.3, 0.4) is 0 Å². The van der Waals surface area contributed by atoms with Crippen molar-refractivity contribution in [2.75, 3.05) is 49.5 Å². The third kappa shape index (κ3) is 6.07. The van der Waals surface area contributed by atoms with Gasteiger partial charge in [0.2, 0.25) is 21.8 Å². The number of benzene rings is 2. The molecule has 4 rings (SSSR count). The van der Waals surface area contributed by atoms with E-state index in [0.29, 0.717) is 38.3 Å². The molecule has 33 heavy (non-hydrogen) atoms. The summed E-state index contributed by atoms with van der Waals surface area (Å²) in [5.74, 6) is -0.0243. The molecule has 2 aliphatic heterocycles. The van der Waals surface area contributed by atoms with Crippen molar-refractivity contribution >= 4 is 39.3 Å². The predicted octanol–water partition coefficient (Wildman–Crippen LogP) is 2.37. The Morgan fingerprint density at radius 3 is 2.27 bits per heavy atom. The number of nitrogens with one attached hydrogen (secondary N) is 1. The maximum absolute atomic E-state index is 12.6. The van der Waals surface area contributed by atoms with Gasteiger partial charge in [-0.15, -0.1) is 0 Å². The number of amides is 2. The molecule has 0 bridgehead atoms. The number of carbonyl (C=O) groups is 2. The summed E-state index contributed by atoms with van der Waals surface area (Å²) in [7, 11) is -3.50. The van der Waals surface area contributed by atoms with Crippen LogP contribution in [0.4, 0.5) is 11.4 Å². The van der Waals surface area contributed by atoms with Gasteiger partial charge >= 0.3 is 0 Å². The van der Waals surface area contributed by atoms with E-state index in [1.54, 1.807) is 23.1 Å². The first kappa shape index (κ1) is 23.2. The molecular weight excluding hydrogens is 440 g/mol. The summed E-state index contributed by atoms with van der Waals surface area (Å²) in [5.41, 5.74) is 2.34. The molecule has 9 heteroatoms. The first-order valence-electron chi connectivity index (χ1n) is 11.1. The average Bonchev–Trinajstić information content (AvgIpc) is 3.25. The Balaban J connectivity index is 1.24. The zero-order valence-corrected chi connectivity index (χ0v) is 19.2. The van der Waals surface area contributed by atoms with Crippen LogP contribution < -0.4 is 10.2 Å². The Labute approximate surface area is 194 Å². The Morgan fingerprint density at radius 1 is 0.939 bits per heavy atom. The van der Waals surface area contributed by atoms with E-state index in [4.69, 9.17) is 0 Å². The highest BCUT2D eigenvalue weighted by molar-refractivity contribution is 7.92. The predicted molar refractivity (Wildman–Crippen MR) is 129 cm³/mol. The summed E-state index contributed by atoms with van der Waals surface area (Å²) in [6.07, 6.45) is 3.05. The molecule has 2 amide bonds. The monoisotopic (exact) mass is 468 g/mol. The maximum atomic E-state index is 12.6. The second kappa shape index (κ2) is 10.3. The van der Waals surface area contributed by atoms with Crippen LogP contribution in [0.2, 0.25) is 0 Å². The highest BCUT2D eigenvalue weighted by atomic mass is 32.2. The molecule has 0 spiro atoms. The van der Waals surface area contributed by atoms with Crippen molar-refractivity contribution in [3.05, 3.63) is 65.6 Å². The van der Waals surface area contributed by atoms with Crippen LogP contribution in [0.15, 0.2) is 60.0 Å². The fourth-order valence-corrected chi connectivity index (χ4v) is 5.18. The number of piperazine rings is 1. The number of nitrogens with zero attached hydrogens (tertiary/aromatic N) is 3. The normalized spacial score (nSPS) is 18.2. The second-order valence-electron chi connectivity index (χ2n) is 8.18. The van der Waals surface area contributed by atoms with Gasteiger partial charge < -0.3 is 10.2 Å². The SMILES string of the molecule is O=C(CN1CCN(S(=O)(=O)C=Cc2ccccc2)CC1)Nc1ccc(N2CCCC2=O)cc1. The van der Waals surface area contributed by atoms with Gasteiger partial charge in [0.1, 0.15) is 0 Å². The minimum atomic E-state index is -3.50. The molecule has 8 nitrogen and oxygen atoms in total. The van der Waals surface area contributed by atoms with Crippen molar-refractivity contribution < 1.29 is 18.0 Å². The average molecular weight is 469 g/mol. The van der Waals surface area contributed by atoms with Crippen LogP contribution >= 0.6 is 0 Å². The molecular formula is C24H28N4O4S. The fourth-order valence-electron chi connectivity index (χ4n) is 4.01. The minimum absolute atomic E-state index is 0.128. The highest BCUT2D eigenvalue weighted by Crippen LogP contribution is 2.23. The van der Waals surface area contributed by atoms with Gasteiger partial charge in [0.05, 0.1) is 6.54 Å². The number of hydrogen-bond acceptors (Lipinski definition) is 5. The number of sulfonamides is 1. The topological polar surface area (TPSA) is 90.0 Å². The lowest BCUT2D eigenvalue weighted by Gasteiger charge is -2.32. The molecule has 2 aromatic rings. The third-order valence-electron chi connectivity index (χ3n) is 5.83. The molecule has 2 aliphatic rings. The van der Waals surface area contributed by atoms with Crippen molar-refractivity contribution in [2.24, 2.45) is 0 Å². The van der Waals surface area contributed by atoms with Gasteiger partial charge in [0.15, 0.2) is 0 Å². The first-order valence-corrected chi connectivity index (χ1v) is 12.6. The van der Waals surface area contributed by atoms with Gasteiger partial charge in [-0.3, -0.25) is 14.5 Å². The van der Waals surface area contributed by atoms with E-state index in [2.05, 4.69) is 5.32 Å². The van der Waals surface area contributed by atoms with Gasteiger partial charge in [-0.2, -0.15) is 4.31 Å². The minimum Gasteiger partial charge on any atom is -0.325 e. The molecule has 2 saturated heterocycles. The van der Waals surface area contributed by atoms with Gasteiger partial charge in [0.25, 0.3) is 0 Å². The smallest absolute Gasteiger partial charge is 0.238 e. The summed E-state index contributed by atoms with van der Waals surface area (Å²) in [6, 6.07) is 16.6. The van der Waals surface area contributed by atoms with E-state index in [9.17, 15) is 18.0 Å². The van der Waals surface area contributed by atoms with Crippen LogP contribution in [0, 0.1) is 0 Å². The van der Waals surface area contributed by atoms with E-state index in [-0.39, 0.29) is 18.4 Å². The van der Waals surface area contributed by atoms with Gasteiger partial charge in [0, 0.05) is 55.9 Å². The van der Waals surface area contributed by atoms with Crippen molar-refractivity contribution in [1.82, 2.24) is 9.21 Å². The molecule has 0 aromatic heterocycles. The summed E-state index contributed by atoms with van der Waals surface area (Å²) in [6.45, 7) is 2.58. The van der Waals surface area contributed by atoms with Crippen molar-refractivity contribution in [1.29, 1.82) is 0 Å². The van der Waals surface area contributed by atoms with Crippen molar-refractivity contribution in [3.63, 3.8) is 0 Å². The molecule has 0 saturated carbocycles. The quantitative estimate of drug-likeness (QED) is 0.674. The van der Waals surface area contributed by atoms with Gasteiger partial charge in [-0.25, -0.2) is 8.42 Å². The van der Waals surface area contributed by atoms with E-state index in [1.165, 1.54) is 9.71 Å². The molecule has 0 aliphatic carbocycles. The van der Waals surface area contributed by atoms with Crippen molar-refractivity contribution in [2.45, 2.75) is 12.8 Å². The summed E-state index contributed by atoms with van der Waals surface area (Å²) >= 11 is 0. The molecule has 0 radical (unpaired) electrons. The van der Waals surface area contributed by atoms with Crippen LogP contribution in [0.1, 0.15) is 18.4 Å². The molecule has 2 aromatic carbocycles. The molecule has 0 atom stereocenters. The zero-order valence-electron chi connectivity index (χ0n) is 18.4. The third-order valence-corrected chi connectivity index (χ3v) is 7.39. The van der Waals surface area contributed by atoms with E-state index >= 15 is 0 Å². The van der Waals surface area contributed by atoms with Gasteiger partial charge in [-0.05, 0) is 42.3 Å². The summed E-state index contributed by atoms with van der Waals surface area (Å²) < 4.78 is 26.6. The second-order valence-corrected chi connectivity index (χ2v) is 10.00. The maximum Gasteiger partial charge on any atom is 0.238 e. The Bertz CT molecular complexity index is 1110. The lowest BCUT2D eigenvalue weighted by molar-refractivity contribution is -0.118. The zero-order chi connectivity index (χ0) is 23.3. The van der Waals surface area contributed by atoms with Crippen LogP contribution in [0.25, 0.3) is 6.08 Å². The van der Waals surface area contributed by atoms with E-state index in [0.717, 1.165) is 24.2 Å². The highest BCUT2D eigenvalue weighted by Gasteiger charge is 2.26.